The van der Waals surface area contributed by atoms with Crippen molar-refractivity contribution in [3.8, 4) is 0 Å². The summed E-state index contributed by atoms with van der Waals surface area (Å²) >= 11 is 0. The fourth-order valence-electron chi connectivity index (χ4n) is 5.07. The topological polar surface area (TPSA) is 82.5 Å². The van der Waals surface area contributed by atoms with Crippen LogP contribution in [0.5, 0.6) is 0 Å². The van der Waals surface area contributed by atoms with E-state index in [0.29, 0.717) is 38.3 Å². The van der Waals surface area contributed by atoms with Crippen LogP contribution in [0.2, 0.25) is 0 Å². The van der Waals surface area contributed by atoms with E-state index in [-0.39, 0.29) is 28.9 Å². The molecule has 2 aliphatic heterocycles. The Kier molecular flexibility index (Phi) is 5.72. The number of nitrogens with zero attached hydrogens (tertiary/aromatic N) is 2. The van der Waals surface area contributed by atoms with Crippen LogP contribution in [0.15, 0.2) is 24.3 Å². The molecule has 1 saturated heterocycles. The van der Waals surface area contributed by atoms with Crippen molar-refractivity contribution >= 4 is 11.9 Å². The van der Waals surface area contributed by atoms with Gasteiger partial charge in [0, 0.05) is 25.2 Å². The quantitative estimate of drug-likeness (QED) is 0.676. The van der Waals surface area contributed by atoms with Crippen molar-refractivity contribution in [2.75, 3.05) is 26.4 Å². The van der Waals surface area contributed by atoms with Gasteiger partial charge in [-0.1, -0.05) is 19.1 Å². The molecule has 1 aromatic carbocycles. The molecule has 1 amide bonds. The minimum atomic E-state index is -0.645. The molecule has 3 heterocycles. The molecule has 1 aromatic heterocycles. The lowest BCUT2D eigenvalue weighted by Gasteiger charge is -2.36. The molecular weight excluding hydrogens is 425 g/mol. The first-order valence-corrected chi connectivity index (χ1v) is 11.8. The Morgan fingerprint density at radius 1 is 1.24 bits per heavy atom. The molecule has 176 valence electrons. The molecule has 1 spiro atoms. The van der Waals surface area contributed by atoms with Gasteiger partial charge in [0.05, 0.1) is 35.7 Å². The van der Waals surface area contributed by atoms with Gasteiger partial charge in [-0.3, -0.25) is 9.48 Å². The molecule has 5 rings (SSSR count). The Morgan fingerprint density at radius 2 is 2.00 bits per heavy atom. The molecule has 2 aromatic rings. The number of aryl methyl sites for hydroxylation is 1. The van der Waals surface area contributed by atoms with Crippen LogP contribution in [0.4, 0.5) is 4.39 Å². The van der Waals surface area contributed by atoms with Gasteiger partial charge < -0.3 is 14.8 Å². The first-order chi connectivity index (χ1) is 15.9. The smallest absolute Gasteiger partial charge is 0.341 e. The fourth-order valence-corrected chi connectivity index (χ4v) is 5.07. The molecule has 1 saturated carbocycles. The molecule has 1 N–H and O–H groups in total. The van der Waals surface area contributed by atoms with Crippen molar-refractivity contribution in [1.29, 1.82) is 0 Å². The maximum Gasteiger partial charge on any atom is 0.341 e. The second-order valence-corrected chi connectivity index (χ2v) is 9.81. The fraction of sp³-hybridized carbons (Fsp3) is 0.560. The van der Waals surface area contributed by atoms with Gasteiger partial charge in [-0.15, -0.1) is 0 Å². The maximum atomic E-state index is 13.9. The highest BCUT2D eigenvalue weighted by atomic mass is 19.1. The van der Waals surface area contributed by atoms with Gasteiger partial charge in [0.25, 0.3) is 5.91 Å². The summed E-state index contributed by atoms with van der Waals surface area (Å²) in [5.41, 5.74) is 2.21. The lowest BCUT2D eigenvalue weighted by Crippen LogP contribution is -2.41. The van der Waals surface area contributed by atoms with Crippen molar-refractivity contribution < 1.29 is 23.5 Å². The summed E-state index contributed by atoms with van der Waals surface area (Å²) in [5.74, 6) is -1.27. The van der Waals surface area contributed by atoms with Crippen molar-refractivity contribution in [3.63, 3.8) is 0 Å². The van der Waals surface area contributed by atoms with Crippen LogP contribution in [0, 0.1) is 16.6 Å². The summed E-state index contributed by atoms with van der Waals surface area (Å²) in [5, 5.41) is 7.97. The first kappa shape index (κ1) is 22.1. The van der Waals surface area contributed by atoms with E-state index in [1.54, 1.807) is 12.1 Å². The summed E-state index contributed by atoms with van der Waals surface area (Å²) < 4.78 is 27.0. The predicted molar refractivity (Wildman–Crippen MR) is 118 cm³/mol. The van der Waals surface area contributed by atoms with E-state index in [1.807, 2.05) is 11.6 Å². The minimum absolute atomic E-state index is 0.0179. The monoisotopic (exact) mass is 455 g/mol. The van der Waals surface area contributed by atoms with E-state index in [0.717, 1.165) is 43.5 Å². The summed E-state index contributed by atoms with van der Waals surface area (Å²) in [4.78, 5) is 25.4. The third kappa shape index (κ3) is 4.28. The van der Waals surface area contributed by atoms with Gasteiger partial charge >= 0.3 is 5.97 Å². The maximum absolute atomic E-state index is 13.9. The number of carbonyl (C=O) groups is 2. The number of fused-ring (bicyclic) bond motifs is 1. The number of esters is 1. The number of ether oxygens (including phenoxy) is 2. The molecule has 2 fully saturated rings. The molecule has 33 heavy (non-hydrogen) atoms. The van der Waals surface area contributed by atoms with E-state index in [9.17, 15) is 14.0 Å². The second-order valence-electron chi connectivity index (χ2n) is 9.81. The number of rotatable bonds is 6. The third-order valence-electron chi connectivity index (χ3n) is 7.46. The molecule has 0 bridgehead atoms. The van der Waals surface area contributed by atoms with Crippen LogP contribution in [-0.4, -0.2) is 48.0 Å². The highest BCUT2D eigenvalue weighted by Gasteiger charge is 2.47. The Balaban J connectivity index is 1.37. The Morgan fingerprint density at radius 3 is 2.70 bits per heavy atom. The molecule has 0 atom stereocenters. The van der Waals surface area contributed by atoms with Crippen LogP contribution < -0.4 is 5.32 Å². The van der Waals surface area contributed by atoms with E-state index in [1.165, 1.54) is 12.1 Å². The molecular formula is C25H30FN3O4. The van der Waals surface area contributed by atoms with Crippen LogP contribution in [0.25, 0.3) is 0 Å². The van der Waals surface area contributed by atoms with Gasteiger partial charge in [-0.2, -0.15) is 5.10 Å². The zero-order valence-electron chi connectivity index (χ0n) is 19.0. The summed E-state index contributed by atoms with van der Waals surface area (Å²) in [6.45, 7) is 4.86. The molecule has 3 aliphatic rings. The third-order valence-corrected chi connectivity index (χ3v) is 7.46. The largest absolute Gasteiger partial charge is 0.461 e. The lowest BCUT2D eigenvalue weighted by molar-refractivity contribution is 0.0149. The summed E-state index contributed by atoms with van der Waals surface area (Å²) in [7, 11) is 0. The van der Waals surface area contributed by atoms with Crippen LogP contribution in [0.3, 0.4) is 0 Å². The number of halogens is 1. The first-order valence-electron chi connectivity index (χ1n) is 11.8. The van der Waals surface area contributed by atoms with Crippen LogP contribution >= 0.6 is 0 Å². The van der Waals surface area contributed by atoms with Crippen molar-refractivity contribution in [1.82, 2.24) is 15.1 Å². The van der Waals surface area contributed by atoms with Gasteiger partial charge in [-0.25, -0.2) is 9.18 Å². The summed E-state index contributed by atoms with van der Waals surface area (Å²) in [6.07, 6.45) is 5.07. The number of amides is 1. The van der Waals surface area contributed by atoms with E-state index >= 15 is 0 Å². The number of hydrogen-bond acceptors (Lipinski definition) is 5. The highest BCUT2D eigenvalue weighted by Crippen LogP contribution is 2.48. The average Bonchev–Trinajstić information content (AvgIpc) is 3.53. The van der Waals surface area contributed by atoms with Gasteiger partial charge in [0.1, 0.15) is 5.82 Å². The number of benzene rings is 1. The van der Waals surface area contributed by atoms with Gasteiger partial charge in [-0.05, 0) is 56.1 Å². The molecule has 8 heteroatoms. The standard InChI is InChI=1S/C25H30FN3O4/c1-2-19-21-20(13-24(14-27-22(21)30)9-11-32-12-10-24)29(28-19)15-25(7-8-25)16-33-23(31)17-5-3-4-6-18(17)26/h3-6H,2,7-16H2,1H3,(H,27,30). The molecule has 0 unspecified atom stereocenters. The molecule has 0 radical (unpaired) electrons. The van der Waals surface area contributed by atoms with Crippen LogP contribution in [-0.2, 0) is 28.9 Å². The van der Waals surface area contributed by atoms with Crippen molar-refractivity contribution in [3.05, 3.63) is 52.6 Å². The Labute approximate surface area is 192 Å². The number of aromatic nitrogens is 2. The van der Waals surface area contributed by atoms with Crippen molar-refractivity contribution in [2.24, 2.45) is 10.8 Å². The second kappa shape index (κ2) is 8.56. The highest BCUT2D eigenvalue weighted by molar-refractivity contribution is 5.97. The Hall–Kier alpha value is -2.74. The predicted octanol–water partition coefficient (Wildman–Crippen LogP) is 3.30. The normalized spacial score (nSPS) is 20.6. The van der Waals surface area contributed by atoms with Crippen molar-refractivity contribution in [2.45, 2.75) is 52.0 Å². The van der Waals surface area contributed by atoms with Gasteiger partial charge in [0.15, 0.2) is 0 Å². The average molecular weight is 456 g/mol. The zero-order chi connectivity index (χ0) is 23.1. The zero-order valence-corrected chi connectivity index (χ0v) is 19.0. The number of hydrogen-bond donors (Lipinski definition) is 1. The molecule has 1 aliphatic carbocycles. The van der Waals surface area contributed by atoms with Crippen LogP contribution in [0.1, 0.15) is 64.7 Å². The number of carbonyl (C=O) groups excluding carboxylic acids is 2. The minimum Gasteiger partial charge on any atom is -0.461 e. The van der Waals surface area contributed by atoms with E-state index < -0.39 is 11.8 Å². The lowest BCUT2D eigenvalue weighted by atomic mass is 9.76. The summed E-state index contributed by atoms with van der Waals surface area (Å²) in [6, 6.07) is 5.86. The SMILES string of the molecule is CCc1nn(CC2(COC(=O)c3ccccc3F)CC2)c2c1C(=O)NCC1(CCOCC1)C2. The molecule has 7 nitrogen and oxygen atoms in total. The van der Waals surface area contributed by atoms with Gasteiger partial charge in [0.2, 0.25) is 0 Å². The Bertz CT molecular complexity index is 1070. The van der Waals surface area contributed by atoms with E-state index in [2.05, 4.69) is 5.32 Å². The van der Waals surface area contributed by atoms with E-state index in [4.69, 9.17) is 14.6 Å². The number of nitrogens with one attached hydrogen (secondary N) is 1.